The van der Waals surface area contributed by atoms with Crippen molar-refractivity contribution in [1.29, 1.82) is 0 Å². The largest absolute Gasteiger partial charge is 0.504 e. The second kappa shape index (κ2) is 12.2. The van der Waals surface area contributed by atoms with Crippen molar-refractivity contribution in [3.8, 4) is 11.5 Å². The highest BCUT2D eigenvalue weighted by Gasteiger charge is 2.44. The number of carbonyl (C=O) groups is 2. The van der Waals surface area contributed by atoms with E-state index >= 15 is 0 Å². The van der Waals surface area contributed by atoms with Crippen LogP contribution in [0.15, 0.2) is 58.3 Å². The molecule has 2 aromatic rings. The van der Waals surface area contributed by atoms with Crippen LogP contribution < -0.4 is 9.47 Å². The van der Waals surface area contributed by atoms with Gasteiger partial charge in [0, 0.05) is 0 Å². The van der Waals surface area contributed by atoms with Gasteiger partial charge >= 0.3 is 16.3 Å². The number of esters is 2. The molecule has 2 aliphatic carbocycles. The molecule has 4 rings (SSSR count). The molecule has 0 atom stereocenters. The zero-order chi connectivity index (χ0) is 28.0. The number of ether oxygens (including phenoxy) is 2. The molecule has 0 aromatic heterocycles. The summed E-state index contributed by atoms with van der Waals surface area (Å²) in [5, 5.41) is 0. The summed E-state index contributed by atoms with van der Waals surface area (Å²) in [7, 11) is -9.56. The summed E-state index contributed by atoms with van der Waals surface area (Å²) in [5.41, 5.74) is 9.45. The van der Waals surface area contributed by atoms with E-state index in [2.05, 4.69) is 4.79 Å². The molecular weight excluding hydrogens is 544 g/mol. The van der Waals surface area contributed by atoms with Crippen LogP contribution in [-0.2, 0) is 29.3 Å². The van der Waals surface area contributed by atoms with Crippen LogP contribution in [0.3, 0.4) is 0 Å². The maximum absolute atomic E-state index is 13.1. The molecule has 2 aliphatic rings. The van der Waals surface area contributed by atoms with E-state index in [1.54, 1.807) is 0 Å². The van der Waals surface area contributed by atoms with Crippen LogP contribution in [0.1, 0.15) is 64.2 Å². The summed E-state index contributed by atoms with van der Waals surface area (Å²) >= 11 is 0. The number of hydrogen-bond donors (Lipinski definition) is 0. The van der Waals surface area contributed by atoms with E-state index in [4.69, 9.17) is 9.47 Å². The molecule has 0 unspecified atom stereocenters. The topological polar surface area (TPSA) is 157 Å². The second-order valence-corrected chi connectivity index (χ2v) is 13.8. The molecule has 2 fully saturated rings. The summed E-state index contributed by atoms with van der Waals surface area (Å²) in [6.45, 7) is 0. The van der Waals surface area contributed by atoms with E-state index in [0.29, 0.717) is 0 Å². The lowest BCUT2D eigenvalue weighted by Gasteiger charge is -2.19. The SMILES string of the molecule is [N-]=[N+]=C(S(=O)(=O)c1ccc(OC(=O)C2CCCCC2)cc1)S(=O)(=O)c1ccc(OC(=O)C2CCCCC2)cc1. The minimum absolute atomic E-state index is 0.119. The maximum Gasteiger partial charge on any atom is 0.504 e. The van der Waals surface area contributed by atoms with Crippen LogP contribution in [0, 0.1) is 11.8 Å². The van der Waals surface area contributed by atoms with Crippen LogP contribution in [-0.4, -0.2) is 37.9 Å². The molecule has 0 heterocycles. The normalized spacial score (nSPS) is 17.1. The molecule has 2 saturated carbocycles. The van der Waals surface area contributed by atoms with Gasteiger partial charge in [0.2, 0.25) is 0 Å². The Morgan fingerprint density at radius 3 is 1.26 bits per heavy atom. The van der Waals surface area contributed by atoms with Gasteiger partial charge in [0.1, 0.15) is 11.5 Å². The number of carbonyl (C=O) groups excluding carboxylic acids is 2. The predicted molar refractivity (Wildman–Crippen MR) is 140 cm³/mol. The smallest absolute Gasteiger partial charge is 0.426 e. The van der Waals surface area contributed by atoms with Gasteiger partial charge in [-0.15, -0.1) is 4.79 Å². The third-order valence-electron chi connectivity index (χ3n) is 7.12. The fourth-order valence-electron chi connectivity index (χ4n) is 4.90. The monoisotopic (exact) mass is 574 g/mol. The molecule has 0 bridgehead atoms. The van der Waals surface area contributed by atoms with Crippen molar-refractivity contribution in [2.24, 2.45) is 11.8 Å². The fraction of sp³-hybridized carbons (Fsp3) is 0.444. The van der Waals surface area contributed by atoms with Crippen molar-refractivity contribution in [2.75, 3.05) is 0 Å². The van der Waals surface area contributed by atoms with E-state index in [1.165, 1.54) is 24.3 Å². The Morgan fingerprint density at radius 2 is 0.949 bits per heavy atom. The number of hydrogen-bond acceptors (Lipinski definition) is 8. The first kappa shape index (κ1) is 28.7. The van der Waals surface area contributed by atoms with Crippen LogP contribution in [0.25, 0.3) is 5.53 Å². The molecule has 0 spiro atoms. The Labute approximate surface area is 227 Å². The zero-order valence-electron chi connectivity index (χ0n) is 21.3. The number of benzene rings is 2. The highest BCUT2D eigenvalue weighted by Crippen LogP contribution is 2.29. The molecule has 0 aliphatic heterocycles. The number of rotatable bonds is 6. The molecule has 0 N–H and O–H groups in total. The van der Waals surface area contributed by atoms with E-state index in [1.807, 2.05) is 0 Å². The molecule has 0 radical (unpaired) electrons. The quantitative estimate of drug-likeness (QED) is 0.122. The Kier molecular flexibility index (Phi) is 8.99. The van der Waals surface area contributed by atoms with Crippen molar-refractivity contribution in [3.05, 3.63) is 54.1 Å². The van der Waals surface area contributed by atoms with Crippen molar-refractivity contribution in [3.63, 3.8) is 0 Å². The van der Waals surface area contributed by atoms with Crippen LogP contribution in [0.4, 0.5) is 0 Å². The van der Waals surface area contributed by atoms with Crippen LogP contribution >= 0.6 is 0 Å². The lowest BCUT2D eigenvalue weighted by molar-refractivity contribution is -0.140. The van der Waals surface area contributed by atoms with Crippen molar-refractivity contribution in [2.45, 2.75) is 74.0 Å². The van der Waals surface area contributed by atoms with Crippen LogP contribution in [0.2, 0.25) is 0 Å². The standard InChI is InChI=1S/C27H30N2O8S2/c28-29-27(38(32,33)23-15-11-21(12-16-23)36-25(30)19-7-3-1-4-8-19)39(34,35)24-17-13-22(14-18-24)37-26(31)20-9-5-2-6-10-20/h11-20H,1-10H2. The minimum Gasteiger partial charge on any atom is -0.426 e. The van der Waals surface area contributed by atoms with E-state index in [-0.39, 0.29) is 23.3 Å². The minimum atomic E-state index is -4.78. The highest BCUT2D eigenvalue weighted by atomic mass is 32.3. The first-order valence-electron chi connectivity index (χ1n) is 13.0. The van der Waals surface area contributed by atoms with Crippen LogP contribution in [0.5, 0.6) is 11.5 Å². The van der Waals surface area contributed by atoms with Gasteiger partial charge in [0.15, 0.2) is 0 Å². The van der Waals surface area contributed by atoms with Crippen molar-refractivity contribution < 1.29 is 40.7 Å². The lowest BCUT2D eigenvalue weighted by Crippen LogP contribution is -2.26. The molecule has 2 aromatic carbocycles. The summed E-state index contributed by atoms with van der Waals surface area (Å²) < 4.78 is 61.7. The summed E-state index contributed by atoms with van der Waals surface area (Å²) in [6.07, 6.45) is 8.90. The Morgan fingerprint density at radius 1 is 0.615 bits per heavy atom. The summed E-state index contributed by atoms with van der Waals surface area (Å²) in [5.74, 6) is -0.955. The van der Waals surface area contributed by atoms with Gasteiger partial charge in [-0.25, -0.2) is 16.8 Å². The molecule has 0 saturated heterocycles. The first-order valence-corrected chi connectivity index (χ1v) is 16.0. The molecule has 208 valence electrons. The number of nitrogens with zero attached hydrogens (tertiary/aromatic N) is 2. The zero-order valence-corrected chi connectivity index (χ0v) is 23.0. The van der Waals surface area contributed by atoms with E-state index in [0.717, 1.165) is 88.5 Å². The fourth-order valence-corrected chi connectivity index (χ4v) is 8.24. The average Bonchev–Trinajstić information content (AvgIpc) is 2.94. The van der Waals surface area contributed by atoms with Gasteiger partial charge in [-0.1, -0.05) is 38.5 Å². The van der Waals surface area contributed by atoms with E-state index < -0.39 is 45.8 Å². The van der Waals surface area contributed by atoms with Gasteiger partial charge in [0.25, 0.3) is 19.7 Å². The maximum atomic E-state index is 13.1. The first-order chi connectivity index (χ1) is 18.6. The van der Waals surface area contributed by atoms with Gasteiger partial charge in [-0.3, -0.25) is 9.59 Å². The Bertz CT molecular complexity index is 1360. The van der Waals surface area contributed by atoms with Gasteiger partial charge in [-0.05, 0) is 74.2 Å². The van der Waals surface area contributed by atoms with Gasteiger partial charge < -0.3 is 15.0 Å². The third kappa shape index (κ3) is 6.63. The summed E-state index contributed by atoms with van der Waals surface area (Å²) in [4.78, 5) is 26.4. The third-order valence-corrected chi connectivity index (χ3v) is 11.3. The number of sulfone groups is 2. The lowest BCUT2D eigenvalue weighted by atomic mass is 9.89. The van der Waals surface area contributed by atoms with Gasteiger partial charge in [-0.2, -0.15) is 0 Å². The van der Waals surface area contributed by atoms with Gasteiger partial charge in [0.05, 0.1) is 21.6 Å². The Balaban J connectivity index is 1.47. The average molecular weight is 575 g/mol. The molecule has 10 nitrogen and oxygen atoms in total. The van der Waals surface area contributed by atoms with Crippen molar-refractivity contribution in [1.82, 2.24) is 0 Å². The molecular formula is C27H30N2O8S2. The van der Waals surface area contributed by atoms with E-state index in [9.17, 15) is 32.0 Å². The second-order valence-electron chi connectivity index (χ2n) is 9.83. The molecule has 0 amide bonds. The molecule has 12 heteroatoms. The molecule has 39 heavy (non-hydrogen) atoms. The predicted octanol–water partition coefficient (Wildman–Crippen LogP) is 4.49. The highest BCUT2D eigenvalue weighted by molar-refractivity contribution is 8.31. The Hall–Kier alpha value is -3.34. The van der Waals surface area contributed by atoms with Crippen molar-refractivity contribution >= 4 is 36.0 Å². The summed E-state index contributed by atoms with van der Waals surface area (Å²) in [6, 6.07) is 9.27.